The second-order valence-corrected chi connectivity index (χ2v) is 6.73. The van der Waals surface area contributed by atoms with E-state index in [2.05, 4.69) is 49.4 Å². The number of piperidine rings is 1. The Kier molecular flexibility index (Phi) is 4.68. The van der Waals surface area contributed by atoms with Crippen LogP contribution in [-0.2, 0) is 0 Å². The van der Waals surface area contributed by atoms with Gasteiger partial charge in [0, 0.05) is 37.3 Å². The van der Waals surface area contributed by atoms with Gasteiger partial charge in [-0.3, -0.25) is 9.80 Å². The summed E-state index contributed by atoms with van der Waals surface area (Å²) in [4.78, 5) is 7.86. The van der Waals surface area contributed by atoms with Crippen molar-refractivity contribution < 1.29 is 0 Å². The quantitative estimate of drug-likeness (QED) is 0.757. The van der Waals surface area contributed by atoms with Gasteiger partial charge in [-0.15, -0.1) is 0 Å². The Balaban J connectivity index is 1.71. The highest BCUT2D eigenvalue weighted by molar-refractivity contribution is 4.93. The molecule has 0 bridgehead atoms. The van der Waals surface area contributed by atoms with Gasteiger partial charge in [0.15, 0.2) is 0 Å². The summed E-state index contributed by atoms with van der Waals surface area (Å²) in [5.41, 5.74) is 0. The molecule has 2 aliphatic rings. The molecule has 3 nitrogen and oxygen atoms in total. The van der Waals surface area contributed by atoms with Gasteiger partial charge < -0.3 is 4.90 Å². The molecule has 2 rings (SSSR count). The Bertz CT molecular complexity index is 250. The van der Waals surface area contributed by atoms with E-state index in [0.717, 1.165) is 18.1 Å². The van der Waals surface area contributed by atoms with Crippen molar-refractivity contribution >= 4 is 0 Å². The van der Waals surface area contributed by atoms with Crippen LogP contribution in [-0.4, -0.2) is 72.1 Å². The van der Waals surface area contributed by atoms with Gasteiger partial charge >= 0.3 is 0 Å². The Labute approximate surface area is 113 Å². The van der Waals surface area contributed by atoms with Crippen LogP contribution in [0.25, 0.3) is 0 Å². The third-order valence-corrected chi connectivity index (χ3v) is 5.03. The molecule has 106 valence electrons. The third-order valence-electron chi connectivity index (χ3n) is 5.03. The zero-order chi connectivity index (χ0) is 13.3. The van der Waals surface area contributed by atoms with E-state index in [-0.39, 0.29) is 0 Å². The summed E-state index contributed by atoms with van der Waals surface area (Å²) in [6.45, 7) is 14.4. The van der Waals surface area contributed by atoms with Crippen LogP contribution in [0.2, 0.25) is 0 Å². The fourth-order valence-electron chi connectivity index (χ4n) is 3.23. The lowest BCUT2D eigenvalue weighted by Crippen LogP contribution is -2.63. The van der Waals surface area contributed by atoms with Gasteiger partial charge in [0.1, 0.15) is 0 Å². The number of nitrogens with zero attached hydrogens (tertiary/aromatic N) is 3. The maximum Gasteiger partial charge on any atom is 0.0350 e. The molecule has 18 heavy (non-hydrogen) atoms. The summed E-state index contributed by atoms with van der Waals surface area (Å²) in [6.07, 6.45) is 2.74. The van der Waals surface area contributed by atoms with Crippen molar-refractivity contribution in [1.82, 2.24) is 14.7 Å². The molecule has 0 saturated carbocycles. The topological polar surface area (TPSA) is 9.72 Å². The minimum Gasteiger partial charge on any atom is -0.301 e. The zero-order valence-corrected chi connectivity index (χ0v) is 12.9. The van der Waals surface area contributed by atoms with Crippen LogP contribution in [0.1, 0.15) is 40.5 Å². The normalized spacial score (nSPS) is 25.3. The Morgan fingerprint density at radius 2 is 1.56 bits per heavy atom. The van der Waals surface area contributed by atoms with Crippen molar-refractivity contribution in [2.45, 2.75) is 64.7 Å². The van der Waals surface area contributed by atoms with Crippen LogP contribution in [0, 0.1) is 0 Å². The van der Waals surface area contributed by atoms with Crippen LogP contribution in [0.4, 0.5) is 0 Å². The summed E-state index contributed by atoms with van der Waals surface area (Å²) in [5, 5.41) is 0. The molecule has 0 atom stereocenters. The molecule has 0 unspecified atom stereocenters. The lowest BCUT2D eigenvalue weighted by Gasteiger charge is -2.51. The van der Waals surface area contributed by atoms with Crippen molar-refractivity contribution in [1.29, 1.82) is 0 Å². The van der Waals surface area contributed by atoms with Gasteiger partial charge in [0.25, 0.3) is 0 Å². The number of likely N-dealkylation sites (N-methyl/N-ethyl adjacent to an activating group) is 1. The van der Waals surface area contributed by atoms with E-state index in [1.165, 1.54) is 39.0 Å². The van der Waals surface area contributed by atoms with E-state index >= 15 is 0 Å². The number of hydrogen-bond donors (Lipinski definition) is 0. The molecular formula is C15H31N3. The van der Waals surface area contributed by atoms with Gasteiger partial charge in [-0.25, -0.2) is 0 Å². The summed E-state index contributed by atoms with van der Waals surface area (Å²) < 4.78 is 0. The molecule has 0 aromatic carbocycles. The van der Waals surface area contributed by atoms with Crippen LogP contribution >= 0.6 is 0 Å². The second kappa shape index (κ2) is 5.89. The summed E-state index contributed by atoms with van der Waals surface area (Å²) in [5.74, 6) is 0. The van der Waals surface area contributed by atoms with E-state index in [4.69, 9.17) is 0 Å². The van der Waals surface area contributed by atoms with Crippen LogP contribution in [0.3, 0.4) is 0 Å². The summed E-state index contributed by atoms with van der Waals surface area (Å²) >= 11 is 0. The van der Waals surface area contributed by atoms with Crippen molar-refractivity contribution in [3.63, 3.8) is 0 Å². The van der Waals surface area contributed by atoms with Gasteiger partial charge in [-0.2, -0.15) is 0 Å². The minimum absolute atomic E-state index is 0.680. The van der Waals surface area contributed by atoms with Crippen LogP contribution < -0.4 is 0 Å². The SMILES string of the molecule is CC(C)N1CCC(N2CC(N(C)C(C)C)C2)CC1. The predicted octanol–water partition coefficient (Wildman–Crippen LogP) is 1.88. The highest BCUT2D eigenvalue weighted by Gasteiger charge is 2.36. The first kappa shape index (κ1) is 14.3. The largest absolute Gasteiger partial charge is 0.301 e. The lowest BCUT2D eigenvalue weighted by molar-refractivity contribution is -0.0176. The smallest absolute Gasteiger partial charge is 0.0350 e. The maximum absolute atomic E-state index is 2.71. The first-order valence-electron chi connectivity index (χ1n) is 7.69. The fraction of sp³-hybridized carbons (Fsp3) is 1.00. The first-order valence-corrected chi connectivity index (χ1v) is 7.69. The van der Waals surface area contributed by atoms with E-state index < -0.39 is 0 Å². The summed E-state index contributed by atoms with van der Waals surface area (Å²) in [7, 11) is 2.27. The third kappa shape index (κ3) is 3.06. The molecule has 0 amide bonds. The minimum atomic E-state index is 0.680. The van der Waals surface area contributed by atoms with Gasteiger partial charge in [0.2, 0.25) is 0 Å². The van der Waals surface area contributed by atoms with Crippen molar-refractivity contribution in [3.05, 3.63) is 0 Å². The van der Waals surface area contributed by atoms with Crippen LogP contribution in [0.5, 0.6) is 0 Å². The molecule has 0 spiro atoms. The van der Waals surface area contributed by atoms with E-state index in [1.807, 2.05) is 0 Å². The Hall–Kier alpha value is -0.120. The van der Waals surface area contributed by atoms with Crippen molar-refractivity contribution in [3.8, 4) is 0 Å². The molecule has 0 aromatic rings. The average Bonchev–Trinajstić information content (AvgIpc) is 2.27. The van der Waals surface area contributed by atoms with E-state index in [9.17, 15) is 0 Å². The average molecular weight is 253 g/mol. The Morgan fingerprint density at radius 1 is 1.00 bits per heavy atom. The molecule has 2 fully saturated rings. The molecule has 0 aromatic heterocycles. The van der Waals surface area contributed by atoms with E-state index in [0.29, 0.717) is 6.04 Å². The molecule has 2 saturated heterocycles. The molecular weight excluding hydrogens is 222 g/mol. The monoisotopic (exact) mass is 253 g/mol. The van der Waals surface area contributed by atoms with E-state index in [1.54, 1.807) is 0 Å². The number of likely N-dealkylation sites (tertiary alicyclic amines) is 2. The first-order chi connectivity index (χ1) is 8.49. The maximum atomic E-state index is 2.71. The zero-order valence-electron chi connectivity index (χ0n) is 12.9. The van der Waals surface area contributed by atoms with Crippen LogP contribution in [0.15, 0.2) is 0 Å². The molecule has 2 aliphatic heterocycles. The second-order valence-electron chi connectivity index (χ2n) is 6.73. The molecule has 0 N–H and O–H groups in total. The molecule has 3 heteroatoms. The Morgan fingerprint density at radius 3 is 2.00 bits per heavy atom. The molecule has 0 aliphatic carbocycles. The van der Waals surface area contributed by atoms with Crippen molar-refractivity contribution in [2.75, 3.05) is 33.2 Å². The van der Waals surface area contributed by atoms with Gasteiger partial charge in [-0.1, -0.05) is 0 Å². The lowest BCUT2D eigenvalue weighted by atomic mass is 9.96. The molecule has 2 heterocycles. The number of hydrogen-bond acceptors (Lipinski definition) is 3. The fourth-order valence-corrected chi connectivity index (χ4v) is 3.23. The van der Waals surface area contributed by atoms with Gasteiger partial charge in [-0.05, 0) is 60.7 Å². The number of rotatable bonds is 4. The predicted molar refractivity (Wildman–Crippen MR) is 78.0 cm³/mol. The summed E-state index contributed by atoms with van der Waals surface area (Å²) in [6, 6.07) is 3.06. The van der Waals surface area contributed by atoms with Gasteiger partial charge in [0.05, 0.1) is 0 Å². The molecule has 0 radical (unpaired) electrons. The highest BCUT2D eigenvalue weighted by atomic mass is 15.3. The van der Waals surface area contributed by atoms with Crippen molar-refractivity contribution in [2.24, 2.45) is 0 Å². The standard InChI is InChI=1S/C15H31N3/c1-12(2)16(5)15-10-18(11-15)14-6-8-17(9-7-14)13(3)4/h12-15H,6-11H2,1-5H3. The highest BCUT2D eigenvalue weighted by Crippen LogP contribution is 2.25.